The number of thiazole rings is 1. The molecule has 1 aliphatic heterocycles. The minimum atomic E-state index is -0.637. The number of para-hydroxylation sites is 1. The summed E-state index contributed by atoms with van der Waals surface area (Å²) in [6.45, 7) is 10.7. The Balaban J connectivity index is 1.40. The van der Waals surface area contributed by atoms with E-state index in [0.717, 1.165) is 0 Å². The van der Waals surface area contributed by atoms with Gasteiger partial charge in [0.05, 0.1) is 25.3 Å². The summed E-state index contributed by atoms with van der Waals surface area (Å²) in [6.07, 6.45) is 0.0821. The van der Waals surface area contributed by atoms with Crippen molar-refractivity contribution >= 4 is 35.0 Å². The SMILES string of the molecule is COc1ccccc1-c1noc(CCC(=O)N2CC(=O)N[C@@H](C(C)C)c3nc(cs3)C(=O)N[C@H](C(C)C)c3nc(c(C)o3)C(=O)N[C@H](C)C2)n1. The second-order valence-electron chi connectivity index (χ2n) is 12.9. The summed E-state index contributed by atoms with van der Waals surface area (Å²) in [6, 6.07) is 5.50. The molecule has 0 saturated carbocycles. The molecule has 3 N–H and O–H groups in total. The van der Waals surface area contributed by atoms with Gasteiger partial charge in [-0.25, -0.2) is 9.97 Å². The number of carbonyl (C=O) groups excluding carboxylic acids is 4. The van der Waals surface area contributed by atoms with Gasteiger partial charge in [-0.3, -0.25) is 19.2 Å². The number of oxazole rings is 1. The van der Waals surface area contributed by atoms with E-state index < -0.39 is 35.8 Å². The fourth-order valence-electron chi connectivity index (χ4n) is 5.52. The van der Waals surface area contributed by atoms with Crippen molar-refractivity contribution in [2.75, 3.05) is 20.2 Å². The molecular weight excluding hydrogens is 664 g/mol. The highest BCUT2D eigenvalue weighted by atomic mass is 32.1. The Morgan fingerprint density at radius 2 is 1.76 bits per heavy atom. The molecule has 4 bridgehead atoms. The van der Waals surface area contributed by atoms with E-state index in [1.807, 2.05) is 39.8 Å². The molecule has 4 aromatic rings. The number of methoxy groups -OCH3 is 1. The Morgan fingerprint density at radius 1 is 1.02 bits per heavy atom. The van der Waals surface area contributed by atoms with Crippen LogP contribution in [0, 0.1) is 18.8 Å². The van der Waals surface area contributed by atoms with Crippen molar-refractivity contribution in [2.45, 2.75) is 72.5 Å². The van der Waals surface area contributed by atoms with Gasteiger partial charge in [0.25, 0.3) is 11.8 Å². The van der Waals surface area contributed by atoms with Gasteiger partial charge in [-0.2, -0.15) is 4.98 Å². The van der Waals surface area contributed by atoms with Crippen molar-refractivity contribution in [2.24, 2.45) is 11.8 Å². The lowest BCUT2D eigenvalue weighted by molar-refractivity contribution is -0.136. The smallest absolute Gasteiger partial charge is 0.273 e. The number of hydrogen-bond acceptors (Lipinski definition) is 12. The third-order valence-corrected chi connectivity index (χ3v) is 9.11. The molecule has 16 heteroatoms. The van der Waals surface area contributed by atoms with Gasteiger partial charge >= 0.3 is 0 Å². The Hall–Kier alpha value is -5.12. The van der Waals surface area contributed by atoms with Crippen LogP contribution in [0.25, 0.3) is 11.4 Å². The second kappa shape index (κ2) is 15.6. The van der Waals surface area contributed by atoms with E-state index in [9.17, 15) is 19.2 Å². The number of nitrogens with zero attached hydrogens (tertiary/aromatic N) is 5. The van der Waals surface area contributed by atoms with Crippen LogP contribution in [0.4, 0.5) is 0 Å². The molecule has 4 heterocycles. The van der Waals surface area contributed by atoms with Crippen molar-refractivity contribution in [3.8, 4) is 17.1 Å². The van der Waals surface area contributed by atoms with Gasteiger partial charge in [-0.15, -0.1) is 11.3 Å². The fraction of sp³-hybridized carbons (Fsp3) is 0.471. The van der Waals surface area contributed by atoms with Crippen molar-refractivity contribution in [3.63, 3.8) is 0 Å². The third-order valence-electron chi connectivity index (χ3n) is 8.18. The van der Waals surface area contributed by atoms with Gasteiger partial charge in [-0.05, 0) is 37.8 Å². The van der Waals surface area contributed by atoms with Crippen LogP contribution in [0.1, 0.15) is 96.6 Å². The molecule has 0 radical (unpaired) electrons. The highest BCUT2D eigenvalue weighted by molar-refractivity contribution is 7.09. The first-order valence-corrected chi connectivity index (χ1v) is 17.3. The lowest BCUT2D eigenvalue weighted by Gasteiger charge is -2.27. The molecule has 0 unspecified atom stereocenters. The minimum Gasteiger partial charge on any atom is -0.496 e. The monoisotopic (exact) mass is 706 g/mol. The molecule has 3 atom stereocenters. The van der Waals surface area contributed by atoms with Crippen molar-refractivity contribution < 1.29 is 32.9 Å². The normalized spacial score (nSPS) is 19.1. The average Bonchev–Trinajstić information content (AvgIpc) is 3.84. The van der Waals surface area contributed by atoms with E-state index in [1.54, 1.807) is 38.5 Å². The molecule has 50 heavy (non-hydrogen) atoms. The quantitative estimate of drug-likeness (QED) is 0.251. The summed E-state index contributed by atoms with van der Waals surface area (Å²) in [5.41, 5.74) is 0.881. The third kappa shape index (κ3) is 8.35. The minimum absolute atomic E-state index is 0.0243. The van der Waals surface area contributed by atoms with Gasteiger partial charge in [0.2, 0.25) is 29.4 Å². The lowest BCUT2D eigenvalue weighted by atomic mass is 10.0. The van der Waals surface area contributed by atoms with E-state index in [1.165, 1.54) is 16.2 Å². The number of fused-ring (bicyclic) bond motifs is 4. The van der Waals surface area contributed by atoms with Crippen LogP contribution in [0.5, 0.6) is 5.75 Å². The molecule has 3 aromatic heterocycles. The number of amides is 4. The molecular formula is C34H42N8O7S. The summed E-state index contributed by atoms with van der Waals surface area (Å²) < 4.78 is 16.7. The van der Waals surface area contributed by atoms with Gasteiger partial charge < -0.3 is 34.5 Å². The first-order valence-electron chi connectivity index (χ1n) is 16.4. The summed E-state index contributed by atoms with van der Waals surface area (Å²) in [5.74, 6) is -0.337. The van der Waals surface area contributed by atoms with Crippen LogP contribution < -0.4 is 20.7 Å². The van der Waals surface area contributed by atoms with Gasteiger partial charge in [0, 0.05) is 30.8 Å². The number of ether oxygens (including phenoxy) is 1. The van der Waals surface area contributed by atoms with Gasteiger partial charge in [-0.1, -0.05) is 45.0 Å². The molecule has 0 aliphatic carbocycles. The summed E-state index contributed by atoms with van der Waals surface area (Å²) in [7, 11) is 1.55. The standard InChI is InChI=1S/C34H42N8O7S/c1-17(2)27-33-40-29(20(6)48-33)32(46)35-19(5)14-42(15-24(43)37-28(18(3)4)34-36-22(16-50-34)31(45)39-27)26(44)13-12-25-38-30(41-49-25)21-10-8-9-11-23(21)47-7/h8-11,16-19,27-28H,12-15H2,1-7H3,(H,35,46)(H,37,43)(H,39,45)/t19-,27-,28+/m1/s1. The number of aryl methyl sites for hydroxylation is 2. The van der Waals surface area contributed by atoms with E-state index in [2.05, 4.69) is 36.1 Å². The predicted molar refractivity (Wildman–Crippen MR) is 182 cm³/mol. The topological polar surface area (TPSA) is 195 Å². The molecule has 4 amide bonds. The van der Waals surface area contributed by atoms with Crippen molar-refractivity contribution in [1.82, 2.24) is 41.0 Å². The Morgan fingerprint density at radius 3 is 2.48 bits per heavy atom. The van der Waals surface area contributed by atoms with Gasteiger partial charge in [0.15, 0.2) is 5.69 Å². The number of aromatic nitrogens is 4. The first kappa shape index (κ1) is 36.2. The summed E-state index contributed by atoms with van der Waals surface area (Å²) in [4.78, 5) is 68.8. The van der Waals surface area contributed by atoms with E-state index >= 15 is 0 Å². The van der Waals surface area contributed by atoms with Crippen LogP contribution in [0.15, 0.2) is 38.6 Å². The highest BCUT2D eigenvalue weighted by Gasteiger charge is 2.31. The van der Waals surface area contributed by atoms with Crippen LogP contribution >= 0.6 is 11.3 Å². The predicted octanol–water partition coefficient (Wildman–Crippen LogP) is 4.03. The lowest BCUT2D eigenvalue weighted by Crippen LogP contribution is -2.48. The van der Waals surface area contributed by atoms with E-state index in [-0.39, 0.29) is 72.6 Å². The Labute approximate surface area is 293 Å². The molecule has 1 aromatic carbocycles. The number of rotatable bonds is 7. The molecule has 0 fully saturated rings. The average molecular weight is 707 g/mol. The van der Waals surface area contributed by atoms with Gasteiger partial charge in [0.1, 0.15) is 28.3 Å². The maximum Gasteiger partial charge on any atom is 0.273 e. The van der Waals surface area contributed by atoms with Crippen molar-refractivity contribution in [3.05, 3.63) is 63.6 Å². The zero-order valence-electron chi connectivity index (χ0n) is 29.1. The second-order valence-corrected chi connectivity index (χ2v) is 13.8. The number of nitrogens with one attached hydrogen (secondary N) is 3. The maximum atomic E-state index is 13.7. The number of hydrogen-bond donors (Lipinski definition) is 3. The fourth-order valence-corrected chi connectivity index (χ4v) is 6.54. The van der Waals surface area contributed by atoms with Crippen LogP contribution in [-0.4, -0.2) is 74.9 Å². The first-order chi connectivity index (χ1) is 23.8. The van der Waals surface area contributed by atoms with Crippen LogP contribution in [0.2, 0.25) is 0 Å². The summed E-state index contributed by atoms with van der Waals surface area (Å²) in [5, 5.41) is 15.0. The Kier molecular flexibility index (Phi) is 11.3. The number of carbonyl (C=O) groups is 4. The molecule has 1 aliphatic rings. The van der Waals surface area contributed by atoms with Crippen LogP contribution in [-0.2, 0) is 16.0 Å². The zero-order chi connectivity index (χ0) is 36.1. The van der Waals surface area contributed by atoms with E-state index in [0.29, 0.717) is 22.1 Å². The maximum absolute atomic E-state index is 13.7. The van der Waals surface area contributed by atoms with Crippen molar-refractivity contribution in [1.29, 1.82) is 0 Å². The highest BCUT2D eigenvalue weighted by Crippen LogP contribution is 2.29. The van der Waals surface area contributed by atoms with Crippen LogP contribution in [0.3, 0.4) is 0 Å². The Bertz CT molecular complexity index is 1850. The molecule has 0 saturated heterocycles. The molecule has 5 rings (SSSR count). The number of benzene rings is 1. The molecule has 266 valence electrons. The summed E-state index contributed by atoms with van der Waals surface area (Å²) >= 11 is 1.26. The largest absolute Gasteiger partial charge is 0.496 e. The zero-order valence-corrected chi connectivity index (χ0v) is 29.9. The molecule has 15 nitrogen and oxygen atoms in total. The van der Waals surface area contributed by atoms with E-state index in [4.69, 9.17) is 13.7 Å². The molecule has 0 spiro atoms.